The summed E-state index contributed by atoms with van der Waals surface area (Å²) in [5, 5.41) is 3.44. The van der Waals surface area contributed by atoms with E-state index in [0.717, 1.165) is 18.7 Å². The van der Waals surface area contributed by atoms with Gasteiger partial charge in [-0.15, -0.1) is 12.3 Å². The maximum Gasteiger partial charge on any atom is 0.119 e. The molecule has 0 saturated carbocycles. The lowest BCUT2D eigenvalue weighted by molar-refractivity contribution is 0.413. The highest BCUT2D eigenvalue weighted by atomic mass is 16.5. The molecule has 0 amide bonds. The summed E-state index contributed by atoms with van der Waals surface area (Å²) in [6.07, 6.45) is 7.19. The Morgan fingerprint density at radius 2 is 2.31 bits per heavy atom. The lowest BCUT2D eigenvalue weighted by Gasteiger charge is -2.17. The average molecular weight is 217 g/mol. The molecule has 1 rings (SSSR count). The molecule has 0 aliphatic carbocycles. The Bertz CT molecular complexity index is 354. The highest BCUT2D eigenvalue weighted by Crippen LogP contribution is 2.21. The highest BCUT2D eigenvalue weighted by Gasteiger charge is 2.09. The van der Waals surface area contributed by atoms with Crippen LogP contribution in [-0.4, -0.2) is 13.7 Å². The first-order valence-electron chi connectivity index (χ1n) is 5.62. The van der Waals surface area contributed by atoms with Crippen LogP contribution in [0.1, 0.15) is 31.4 Å². The Kier molecular flexibility index (Phi) is 5.45. The van der Waals surface area contributed by atoms with Crippen molar-refractivity contribution in [3.05, 3.63) is 29.8 Å². The third-order valence-corrected chi connectivity index (χ3v) is 2.46. The van der Waals surface area contributed by atoms with Gasteiger partial charge >= 0.3 is 0 Å². The number of hydrogen-bond donors (Lipinski definition) is 1. The molecule has 0 aliphatic rings. The smallest absolute Gasteiger partial charge is 0.119 e. The van der Waals surface area contributed by atoms with E-state index in [2.05, 4.69) is 24.2 Å². The number of ether oxygens (including phenoxy) is 1. The van der Waals surface area contributed by atoms with Gasteiger partial charge in [-0.05, 0) is 30.7 Å². The van der Waals surface area contributed by atoms with Crippen LogP contribution in [0.15, 0.2) is 24.3 Å². The Hall–Kier alpha value is -1.46. The van der Waals surface area contributed by atoms with Crippen molar-refractivity contribution < 1.29 is 4.74 Å². The first-order valence-corrected chi connectivity index (χ1v) is 5.62. The van der Waals surface area contributed by atoms with Crippen LogP contribution in [0.3, 0.4) is 0 Å². The van der Waals surface area contributed by atoms with Crippen molar-refractivity contribution in [3.63, 3.8) is 0 Å². The summed E-state index contributed by atoms with van der Waals surface area (Å²) in [5.74, 6) is 3.58. The molecule has 0 radical (unpaired) electrons. The van der Waals surface area contributed by atoms with E-state index in [4.69, 9.17) is 11.2 Å². The molecule has 2 nitrogen and oxygen atoms in total. The minimum absolute atomic E-state index is 0.222. The Balaban J connectivity index is 2.79. The van der Waals surface area contributed by atoms with Gasteiger partial charge in [0.05, 0.1) is 7.11 Å². The van der Waals surface area contributed by atoms with Gasteiger partial charge in [0.2, 0.25) is 0 Å². The summed E-state index contributed by atoms with van der Waals surface area (Å²) in [5.41, 5.74) is 1.19. The van der Waals surface area contributed by atoms with Gasteiger partial charge in [0.25, 0.3) is 0 Å². The number of hydrogen-bond acceptors (Lipinski definition) is 2. The van der Waals surface area contributed by atoms with E-state index < -0.39 is 0 Å². The lowest BCUT2D eigenvalue weighted by atomic mass is 10.0. The van der Waals surface area contributed by atoms with Crippen LogP contribution in [0.25, 0.3) is 0 Å². The van der Waals surface area contributed by atoms with Gasteiger partial charge in [-0.1, -0.05) is 19.1 Å². The highest BCUT2D eigenvalue weighted by molar-refractivity contribution is 5.31. The largest absolute Gasteiger partial charge is 0.497 e. The van der Waals surface area contributed by atoms with Gasteiger partial charge in [-0.25, -0.2) is 0 Å². The molecule has 0 saturated heterocycles. The predicted molar refractivity (Wildman–Crippen MR) is 67.5 cm³/mol. The molecule has 0 bridgehead atoms. The maximum atomic E-state index is 5.39. The third kappa shape index (κ3) is 3.60. The standard InChI is InChI=1S/C14H19NO/c1-4-7-14(15-10-5-2)12-8-6-9-13(11-12)16-3/h1,6,8-9,11,14-15H,5,7,10H2,2-3H3. The van der Waals surface area contributed by atoms with E-state index in [0.29, 0.717) is 6.42 Å². The molecule has 16 heavy (non-hydrogen) atoms. The first kappa shape index (κ1) is 12.6. The average Bonchev–Trinajstić information content (AvgIpc) is 2.34. The molecule has 2 heteroatoms. The summed E-state index contributed by atoms with van der Waals surface area (Å²) in [7, 11) is 1.68. The quantitative estimate of drug-likeness (QED) is 0.740. The Morgan fingerprint density at radius 3 is 2.94 bits per heavy atom. The van der Waals surface area contributed by atoms with E-state index in [1.54, 1.807) is 7.11 Å². The Morgan fingerprint density at radius 1 is 1.50 bits per heavy atom. The van der Waals surface area contributed by atoms with Crippen molar-refractivity contribution in [1.29, 1.82) is 0 Å². The van der Waals surface area contributed by atoms with E-state index >= 15 is 0 Å². The summed E-state index contributed by atoms with van der Waals surface area (Å²) >= 11 is 0. The van der Waals surface area contributed by atoms with Gasteiger partial charge in [0.15, 0.2) is 0 Å². The van der Waals surface area contributed by atoms with Gasteiger partial charge in [0.1, 0.15) is 5.75 Å². The van der Waals surface area contributed by atoms with Gasteiger partial charge in [-0.2, -0.15) is 0 Å². The molecule has 0 spiro atoms. The fraction of sp³-hybridized carbons (Fsp3) is 0.429. The van der Waals surface area contributed by atoms with Crippen LogP contribution in [0.5, 0.6) is 5.75 Å². The molecular formula is C14H19NO. The molecule has 0 fully saturated rings. The molecule has 1 unspecified atom stereocenters. The number of terminal acetylenes is 1. The van der Waals surface area contributed by atoms with Crippen LogP contribution >= 0.6 is 0 Å². The van der Waals surface area contributed by atoms with E-state index in [9.17, 15) is 0 Å². The lowest BCUT2D eigenvalue weighted by Crippen LogP contribution is -2.21. The van der Waals surface area contributed by atoms with Crippen molar-refractivity contribution in [1.82, 2.24) is 5.32 Å². The van der Waals surface area contributed by atoms with Crippen molar-refractivity contribution in [2.75, 3.05) is 13.7 Å². The molecule has 0 heterocycles. The second-order valence-corrected chi connectivity index (χ2v) is 3.69. The molecule has 1 aromatic carbocycles. The van der Waals surface area contributed by atoms with Crippen molar-refractivity contribution in [3.8, 4) is 18.1 Å². The maximum absolute atomic E-state index is 5.39. The fourth-order valence-electron chi connectivity index (χ4n) is 1.60. The Labute approximate surface area is 98.0 Å². The van der Waals surface area contributed by atoms with Gasteiger partial charge < -0.3 is 10.1 Å². The molecule has 0 aliphatic heterocycles. The van der Waals surface area contributed by atoms with Crippen molar-refractivity contribution in [2.45, 2.75) is 25.8 Å². The molecule has 1 N–H and O–H groups in total. The zero-order chi connectivity index (χ0) is 11.8. The molecule has 86 valence electrons. The van der Waals surface area contributed by atoms with E-state index in [-0.39, 0.29) is 6.04 Å². The third-order valence-electron chi connectivity index (χ3n) is 2.46. The zero-order valence-electron chi connectivity index (χ0n) is 9.99. The monoisotopic (exact) mass is 217 g/mol. The number of methoxy groups -OCH3 is 1. The molecule has 0 aromatic heterocycles. The fourth-order valence-corrected chi connectivity index (χ4v) is 1.60. The zero-order valence-corrected chi connectivity index (χ0v) is 9.99. The van der Waals surface area contributed by atoms with Crippen molar-refractivity contribution >= 4 is 0 Å². The second-order valence-electron chi connectivity index (χ2n) is 3.69. The number of nitrogens with one attached hydrogen (secondary N) is 1. The molecular weight excluding hydrogens is 198 g/mol. The number of benzene rings is 1. The van der Waals surface area contributed by atoms with Crippen molar-refractivity contribution in [2.24, 2.45) is 0 Å². The summed E-state index contributed by atoms with van der Waals surface area (Å²) in [4.78, 5) is 0. The summed E-state index contributed by atoms with van der Waals surface area (Å²) in [6, 6.07) is 8.26. The normalized spacial score (nSPS) is 11.8. The van der Waals surface area contributed by atoms with Crippen LogP contribution < -0.4 is 10.1 Å². The van der Waals surface area contributed by atoms with E-state index in [1.807, 2.05) is 18.2 Å². The summed E-state index contributed by atoms with van der Waals surface area (Å²) < 4.78 is 5.21. The van der Waals surface area contributed by atoms with Crippen LogP contribution in [-0.2, 0) is 0 Å². The minimum atomic E-state index is 0.222. The topological polar surface area (TPSA) is 21.3 Å². The summed E-state index contributed by atoms with van der Waals surface area (Å²) in [6.45, 7) is 3.12. The molecule has 1 aromatic rings. The molecule has 1 atom stereocenters. The van der Waals surface area contributed by atoms with Gasteiger partial charge in [0, 0.05) is 12.5 Å². The number of rotatable bonds is 6. The van der Waals surface area contributed by atoms with Crippen LogP contribution in [0.4, 0.5) is 0 Å². The van der Waals surface area contributed by atoms with Crippen LogP contribution in [0.2, 0.25) is 0 Å². The SMILES string of the molecule is C#CCC(NCCC)c1cccc(OC)c1. The minimum Gasteiger partial charge on any atom is -0.497 e. The van der Waals surface area contributed by atoms with E-state index in [1.165, 1.54) is 5.56 Å². The second kappa shape index (κ2) is 6.92. The predicted octanol–water partition coefficient (Wildman–Crippen LogP) is 2.76. The first-order chi connectivity index (χ1) is 7.81. The van der Waals surface area contributed by atoms with Crippen LogP contribution in [0, 0.1) is 12.3 Å². The van der Waals surface area contributed by atoms with Gasteiger partial charge in [-0.3, -0.25) is 0 Å².